The van der Waals surface area contributed by atoms with Crippen molar-refractivity contribution in [1.29, 1.82) is 0 Å². The Morgan fingerprint density at radius 2 is 2.11 bits per heavy atom. The number of aliphatic hydroxyl groups excluding tert-OH is 2. The summed E-state index contributed by atoms with van der Waals surface area (Å²) in [5.41, 5.74) is 3.42. The number of carbonyl (C=O) groups excluding carboxylic acids is 1. The van der Waals surface area contributed by atoms with E-state index in [9.17, 15) is 15.0 Å². The minimum atomic E-state index is -0.623. The lowest BCUT2D eigenvalue weighted by atomic mass is 9.91. The summed E-state index contributed by atoms with van der Waals surface area (Å²) >= 11 is 0. The van der Waals surface area contributed by atoms with E-state index in [0.717, 1.165) is 58.3 Å². The number of hydrogen-bond acceptors (Lipinski definition) is 7. The lowest BCUT2D eigenvalue weighted by molar-refractivity contribution is -0.128. The third kappa shape index (κ3) is 7.77. The molecule has 0 radical (unpaired) electrons. The van der Waals surface area contributed by atoms with Crippen LogP contribution in [0.1, 0.15) is 45.4 Å². The largest absolute Gasteiger partial charge is 0.495 e. The summed E-state index contributed by atoms with van der Waals surface area (Å²) in [6.07, 6.45) is 11.3. The highest BCUT2D eigenvalue weighted by molar-refractivity contribution is 5.96. The zero-order chi connectivity index (χ0) is 26.2. The molecule has 8 nitrogen and oxygen atoms in total. The molecule has 0 bridgehead atoms. The van der Waals surface area contributed by atoms with Gasteiger partial charge in [-0.05, 0) is 51.1 Å². The van der Waals surface area contributed by atoms with Crippen molar-refractivity contribution in [3.8, 4) is 0 Å². The number of nitrogens with zero attached hydrogens (tertiary/aromatic N) is 3. The molecule has 8 heteroatoms. The molecule has 1 amide bonds. The van der Waals surface area contributed by atoms with Crippen molar-refractivity contribution in [2.24, 2.45) is 0 Å². The van der Waals surface area contributed by atoms with E-state index in [1.54, 1.807) is 16.5 Å². The summed E-state index contributed by atoms with van der Waals surface area (Å²) in [6, 6.07) is 0. The van der Waals surface area contributed by atoms with Crippen LogP contribution in [-0.2, 0) is 14.3 Å². The lowest BCUT2D eigenvalue weighted by Gasteiger charge is -2.33. The fraction of sp³-hybridized carbons (Fsp3) is 0.690. The third-order valence-electron chi connectivity index (χ3n) is 7.85. The van der Waals surface area contributed by atoms with Crippen LogP contribution in [0.4, 0.5) is 0 Å². The van der Waals surface area contributed by atoms with Gasteiger partial charge in [-0.15, -0.1) is 0 Å². The smallest absolute Gasteiger partial charge is 0.257 e. The molecule has 0 aromatic rings. The zero-order valence-electron chi connectivity index (χ0n) is 22.4. The summed E-state index contributed by atoms with van der Waals surface area (Å²) in [7, 11) is 0. The first-order valence-electron chi connectivity index (χ1n) is 14.0. The van der Waals surface area contributed by atoms with E-state index in [0.29, 0.717) is 44.0 Å². The number of carbonyl (C=O) groups is 1. The van der Waals surface area contributed by atoms with E-state index < -0.39 is 6.10 Å². The second-order valence-electron chi connectivity index (χ2n) is 10.8. The number of ether oxygens (including phenoxy) is 2. The predicted octanol–water partition coefficient (Wildman–Crippen LogP) is 2.25. The number of hydrogen-bond donors (Lipinski definition) is 2. The van der Waals surface area contributed by atoms with Crippen LogP contribution in [0.25, 0.3) is 0 Å². The Morgan fingerprint density at radius 3 is 2.92 bits per heavy atom. The van der Waals surface area contributed by atoms with E-state index in [4.69, 9.17) is 9.47 Å². The lowest BCUT2D eigenvalue weighted by Crippen LogP contribution is -2.45. The molecule has 206 valence electrons. The van der Waals surface area contributed by atoms with Gasteiger partial charge in [0, 0.05) is 45.7 Å². The van der Waals surface area contributed by atoms with Crippen LogP contribution in [0.5, 0.6) is 0 Å². The van der Waals surface area contributed by atoms with Crippen LogP contribution in [-0.4, -0.2) is 115 Å². The molecule has 0 spiro atoms. The van der Waals surface area contributed by atoms with Gasteiger partial charge in [-0.1, -0.05) is 30.4 Å². The molecule has 4 rings (SSSR count). The topological polar surface area (TPSA) is 85.7 Å². The molecule has 0 aromatic heterocycles. The van der Waals surface area contributed by atoms with Crippen molar-refractivity contribution < 1.29 is 24.5 Å². The van der Waals surface area contributed by atoms with Crippen molar-refractivity contribution in [3.05, 3.63) is 47.3 Å². The van der Waals surface area contributed by atoms with E-state index in [1.165, 1.54) is 5.57 Å². The Morgan fingerprint density at radius 1 is 1.24 bits per heavy atom. The Hall–Kier alpha value is -1.97. The van der Waals surface area contributed by atoms with Crippen molar-refractivity contribution in [3.63, 3.8) is 0 Å². The summed E-state index contributed by atoms with van der Waals surface area (Å²) in [5, 5.41) is 20.1. The maximum atomic E-state index is 13.4. The van der Waals surface area contributed by atoms with Crippen LogP contribution in [0.15, 0.2) is 47.3 Å². The highest BCUT2D eigenvalue weighted by Crippen LogP contribution is 2.27. The average Bonchev–Trinajstić information content (AvgIpc) is 3.02. The number of allylic oxidation sites excluding steroid dienone is 1. The molecule has 2 N–H and O–H groups in total. The number of rotatable bonds is 11. The molecule has 1 aliphatic carbocycles. The number of β-amino-alcohol motifs (C(OH)–C–C–N with tert-alkyl or cyclic N) is 2. The Bertz CT molecular complexity index is 896. The van der Waals surface area contributed by atoms with Gasteiger partial charge in [0.1, 0.15) is 12.4 Å². The minimum absolute atomic E-state index is 0.110. The van der Waals surface area contributed by atoms with Gasteiger partial charge in [0.25, 0.3) is 5.91 Å². The van der Waals surface area contributed by atoms with Crippen LogP contribution >= 0.6 is 0 Å². The van der Waals surface area contributed by atoms with Gasteiger partial charge < -0.3 is 24.6 Å². The average molecular weight is 516 g/mol. The first-order valence-corrected chi connectivity index (χ1v) is 14.0. The van der Waals surface area contributed by atoms with E-state index in [-0.39, 0.29) is 31.3 Å². The van der Waals surface area contributed by atoms with Crippen molar-refractivity contribution >= 4 is 5.91 Å². The summed E-state index contributed by atoms with van der Waals surface area (Å²) in [5.74, 6) is 0.478. The maximum absolute atomic E-state index is 13.4. The first-order chi connectivity index (χ1) is 18.0. The number of piperidine rings is 1. The molecular formula is C29H45N3O5. The molecule has 1 saturated heterocycles. The van der Waals surface area contributed by atoms with Gasteiger partial charge >= 0.3 is 0 Å². The van der Waals surface area contributed by atoms with Gasteiger partial charge in [0.2, 0.25) is 0 Å². The van der Waals surface area contributed by atoms with Crippen molar-refractivity contribution in [2.75, 3.05) is 65.6 Å². The second-order valence-corrected chi connectivity index (χ2v) is 10.8. The fourth-order valence-electron chi connectivity index (χ4n) is 5.99. The SMILES string of the molecule is C=CC1=C(CC(C)OC2CCCN(CCO)C2)OCCN(CC(O)CN2CCC3=C(C=CCC3)C2)C1=O. The van der Waals surface area contributed by atoms with Gasteiger partial charge in [0.05, 0.1) is 37.0 Å². The molecule has 3 atom stereocenters. The van der Waals surface area contributed by atoms with Gasteiger partial charge in [-0.25, -0.2) is 0 Å². The minimum Gasteiger partial charge on any atom is -0.495 e. The summed E-state index contributed by atoms with van der Waals surface area (Å²) in [6.45, 7) is 12.0. The van der Waals surface area contributed by atoms with Crippen LogP contribution in [0.3, 0.4) is 0 Å². The number of likely N-dealkylation sites (tertiary alicyclic amines) is 1. The molecule has 4 aliphatic rings. The van der Waals surface area contributed by atoms with Gasteiger partial charge in [-0.2, -0.15) is 0 Å². The Balaban J connectivity index is 1.30. The molecule has 3 unspecified atom stereocenters. The molecule has 3 heterocycles. The van der Waals surface area contributed by atoms with Gasteiger partial charge in [-0.3, -0.25) is 14.6 Å². The van der Waals surface area contributed by atoms with Crippen molar-refractivity contribution in [1.82, 2.24) is 14.7 Å². The van der Waals surface area contributed by atoms with Gasteiger partial charge in [0.15, 0.2) is 0 Å². The second kappa shape index (κ2) is 13.7. The quantitative estimate of drug-likeness (QED) is 0.437. The molecule has 3 aliphatic heterocycles. The monoisotopic (exact) mass is 515 g/mol. The van der Waals surface area contributed by atoms with E-state index in [2.05, 4.69) is 28.5 Å². The molecule has 0 saturated carbocycles. The molecule has 1 fully saturated rings. The Labute approximate surface area is 221 Å². The van der Waals surface area contributed by atoms with E-state index >= 15 is 0 Å². The third-order valence-corrected chi connectivity index (χ3v) is 7.85. The Kier molecular flexibility index (Phi) is 10.4. The predicted molar refractivity (Wildman–Crippen MR) is 144 cm³/mol. The normalized spacial score (nSPS) is 25.5. The fourth-order valence-corrected chi connectivity index (χ4v) is 5.99. The first kappa shape index (κ1) is 28.0. The van der Waals surface area contributed by atoms with Crippen molar-refractivity contribution in [2.45, 2.75) is 63.8 Å². The highest BCUT2D eigenvalue weighted by atomic mass is 16.5. The number of amides is 1. The molecular weight excluding hydrogens is 470 g/mol. The highest BCUT2D eigenvalue weighted by Gasteiger charge is 2.29. The van der Waals surface area contributed by atoms with Crippen LogP contribution < -0.4 is 0 Å². The van der Waals surface area contributed by atoms with Crippen LogP contribution in [0.2, 0.25) is 0 Å². The summed E-state index contributed by atoms with van der Waals surface area (Å²) in [4.78, 5) is 19.6. The zero-order valence-corrected chi connectivity index (χ0v) is 22.4. The summed E-state index contributed by atoms with van der Waals surface area (Å²) < 4.78 is 12.3. The maximum Gasteiger partial charge on any atom is 0.257 e. The van der Waals surface area contributed by atoms with E-state index in [1.807, 2.05) is 6.92 Å². The number of aliphatic hydroxyl groups is 2. The molecule has 37 heavy (non-hydrogen) atoms. The standard InChI is InChI=1S/C29H45N3O5/c1-3-27-28(17-22(2)37-26-9-6-11-30(21-26)13-15-33)36-16-14-32(29(27)35)20-25(34)19-31-12-10-23-7-4-5-8-24(23)18-31/h3,5,8,22,25-26,33-34H,1,4,6-7,9-21H2,2H3. The molecule has 0 aromatic carbocycles. The van der Waals surface area contributed by atoms with Crippen LogP contribution in [0, 0.1) is 0 Å².